The maximum Gasteiger partial charge on any atom is 0.0497 e. The summed E-state index contributed by atoms with van der Waals surface area (Å²) in [5.74, 6) is 6.69. The quantitative estimate of drug-likeness (QED) is 0.227. The van der Waals surface area contributed by atoms with E-state index in [-0.39, 0.29) is 0 Å². The molecule has 1 aromatic heterocycles. The van der Waals surface area contributed by atoms with Crippen LogP contribution in [0.2, 0.25) is 0 Å². The SMILES string of the molecule is CCCCCCn1c(-c2ccc(C)cc2)cc2ccc(C#Cc3ccc(C)cc3)cc21. The molecular weight excluding hydrogens is 374 g/mol. The van der Waals surface area contributed by atoms with Crippen LogP contribution in [0.15, 0.2) is 72.8 Å². The Kier molecular flexibility index (Phi) is 6.58. The van der Waals surface area contributed by atoms with E-state index in [1.54, 1.807) is 0 Å². The minimum atomic E-state index is 1.04. The van der Waals surface area contributed by atoms with Gasteiger partial charge in [0.15, 0.2) is 0 Å². The van der Waals surface area contributed by atoms with Gasteiger partial charge in [-0.15, -0.1) is 0 Å². The van der Waals surface area contributed by atoms with Gasteiger partial charge in [0.05, 0.1) is 0 Å². The molecule has 156 valence electrons. The Labute approximate surface area is 186 Å². The average Bonchev–Trinajstić information content (AvgIpc) is 3.14. The summed E-state index contributed by atoms with van der Waals surface area (Å²) in [6.07, 6.45) is 5.04. The summed E-state index contributed by atoms with van der Waals surface area (Å²) in [6, 6.07) is 26.2. The Hall–Kier alpha value is -3.24. The third kappa shape index (κ3) is 5.09. The van der Waals surface area contributed by atoms with Crippen LogP contribution in [-0.4, -0.2) is 4.57 Å². The zero-order chi connectivity index (χ0) is 21.6. The van der Waals surface area contributed by atoms with Crippen LogP contribution in [0.3, 0.4) is 0 Å². The molecule has 0 unspecified atom stereocenters. The largest absolute Gasteiger partial charge is 0.340 e. The number of hydrogen-bond donors (Lipinski definition) is 0. The lowest BCUT2D eigenvalue weighted by atomic mass is 10.1. The number of hydrogen-bond acceptors (Lipinski definition) is 0. The Morgan fingerprint density at radius 3 is 2.03 bits per heavy atom. The van der Waals surface area contributed by atoms with Crippen molar-refractivity contribution in [3.63, 3.8) is 0 Å². The van der Waals surface area contributed by atoms with Gasteiger partial charge in [0.25, 0.3) is 0 Å². The molecule has 0 spiro atoms. The van der Waals surface area contributed by atoms with E-state index in [9.17, 15) is 0 Å². The first-order chi connectivity index (χ1) is 15.1. The highest BCUT2D eigenvalue weighted by molar-refractivity contribution is 5.88. The number of aromatic nitrogens is 1. The predicted octanol–water partition coefficient (Wildman–Crippen LogP) is 7.91. The zero-order valence-electron chi connectivity index (χ0n) is 18.9. The van der Waals surface area contributed by atoms with E-state index in [4.69, 9.17) is 0 Å². The lowest BCUT2D eigenvalue weighted by Gasteiger charge is -2.11. The van der Waals surface area contributed by atoms with Crippen LogP contribution in [-0.2, 0) is 6.54 Å². The van der Waals surface area contributed by atoms with Crippen molar-refractivity contribution in [3.8, 4) is 23.1 Å². The second-order valence-corrected chi connectivity index (χ2v) is 8.50. The van der Waals surface area contributed by atoms with Crippen LogP contribution in [0.4, 0.5) is 0 Å². The fourth-order valence-corrected chi connectivity index (χ4v) is 4.01. The summed E-state index contributed by atoms with van der Waals surface area (Å²) in [5, 5.41) is 1.28. The van der Waals surface area contributed by atoms with Crippen molar-refractivity contribution in [2.24, 2.45) is 0 Å². The molecule has 0 bridgehead atoms. The van der Waals surface area contributed by atoms with Crippen molar-refractivity contribution in [2.45, 2.75) is 53.0 Å². The number of rotatable bonds is 6. The number of benzene rings is 3. The topological polar surface area (TPSA) is 4.93 Å². The summed E-state index contributed by atoms with van der Waals surface area (Å²) in [5.41, 5.74) is 8.54. The minimum Gasteiger partial charge on any atom is -0.340 e. The van der Waals surface area contributed by atoms with Gasteiger partial charge in [-0.05, 0) is 56.2 Å². The summed E-state index contributed by atoms with van der Waals surface area (Å²) in [7, 11) is 0. The molecule has 31 heavy (non-hydrogen) atoms. The smallest absolute Gasteiger partial charge is 0.0497 e. The number of aryl methyl sites for hydroxylation is 3. The Morgan fingerprint density at radius 2 is 1.32 bits per heavy atom. The first-order valence-electron chi connectivity index (χ1n) is 11.4. The second-order valence-electron chi connectivity index (χ2n) is 8.50. The van der Waals surface area contributed by atoms with E-state index in [1.807, 2.05) is 0 Å². The van der Waals surface area contributed by atoms with Crippen molar-refractivity contribution in [2.75, 3.05) is 0 Å². The van der Waals surface area contributed by atoms with Gasteiger partial charge in [-0.2, -0.15) is 0 Å². The second kappa shape index (κ2) is 9.71. The highest BCUT2D eigenvalue weighted by Gasteiger charge is 2.11. The van der Waals surface area contributed by atoms with Crippen LogP contribution in [0.1, 0.15) is 54.9 Å². The van der Waals surface area contributed by atoms with Crippen LogP contribution in [0, 0.1) is 25.7 Å². The van der Waals surface area contributed by atoms with Crippen molar-refractivity contribution in [3.05, 3.63) is 95.1 Å². The first kappa shape index (κ1) is 21.0. The van der Waals surface area contributed by atoms with E-state index in [2.05, 4.69) is 110 Å². The number of nitrogens with zero attached hydrogens (tertiary/aromatic N) is 1. The maximum absolute atomic E-state index is 3.37. The van der Waals surface area contributed by atoms with Gasteiger partial charge in [0.1, 0.15) is 0 Å². The third-order valence-electron chi connectivity index (χ3n) is 5.89. The molecule has 1 heteroatoms. The van der Waals surface area contributed by atoms with Crippen LogP contribution in [0.25, 0.3) is 22.2 Å². The van der Waals surface area contributed by atoms with E-state index in [1.165, 1.54) is 59.0 Å². The molecule has 1 nitrogen and oxygen atoms in total. The molecule has 0 saturated heterocycles. The Morgan fingerprint density at radius 1 is 0.677 bits per heavy atom. The molecule has 4 aromatic rings. The Balaban J connectivity index is 1.72. The molecule has 4 rings (SSSR count). The Bertz CT molecular complexity index is 1210. The average molecular weight is 406 g/mol. The monoisotopic (exact) mass is 405 g/mol. The molecule has 0 atom stereocenters. The van der Waals surface area contributed by atoms with Gasteiger partial charge in [-0.25, -0.2) is 0 Å². The lowest BCUT2D eigenvalue weighted by Crippen LogP contribution is -2.00. The molecule has 0 N–H and O–H groups in total. The maximum atomic E-state index is 3.37. The standard InChI is InChI=1S/C30H31N/c1-4-5-6-7-20-31-29-21-26(15-14-25-12-8-23(2)9-13-25)16-19-28(29)22-30(31)27-17-10-24(3)11-18-27/h8-13,16-19,21-22H,4-7,20H2,1-3H3. The number of fused-ring (bicyclic) bond motifs is 1. The summed E-state index contributed by atoms with van der Waals surface area (Å²) in [6.45, 7) is 7.55. The van der Waals surface area contributed by atoms with Crippen LogP contribution < -0.4 is 0 Å². The van der Waals surface area contributed by atoms with Gasteiger partial charge in [-0.3, -0.25) is 0 Å². The molecule has 3 aromatic carbocycles. The molecule has 0 saturated carbocycles. The van der Waals surface area contributed by atoms with Gasteiger partial charge in [0.2, 0.25) is 0 Å². The van der Waals surface area contributed by atoms with Crippen molar-refractivity contribution >= 4 is 10.9 Å². The van der Waals surface area contributed by atoms with E-state index < -0.39 is 0 Å². The van der Waals surface area contributed by atoms with Gasteiger partial charge in [-0.1, -0.05) is 91.6 Å². The van der Waals surface area contributed by atoms with Crippen molar-refractivity contribution in [1.29, 1.82) is 0 Å². The fourth-order valence-electron chi connectivity index (χ4n) is 4.01. The van der Waals surface area contributed by atoms with Crippen LogP contribution >= 0.6 is 0 Å². The van der Waals surface area contributed by atoms with E-state index in [0.29, 0.717) is 0 Å². The molecule has 1 heterocycles. The van der Waals surface area contributed by atoms with E-state index >= 15 is 0 Å². The summed E-state index contributed by atoms with van der Waals surface area (Å²) in [4.78, 5) is 0. The summed E-state index contributed by atoms with van der Waals surface area (Å²) < 4.78 is 2.49. The normalized spacial score (nSPS) is 10.8. The molecule has 0 aliphatic rings. The zero-order valence-corrected chi connectivity index (χ0v) is 18.9. The van der Waals surface area contributed by atoms with Crippen LogP contribution in [0.5, 0.6) is 0 Å². The molecule has 0 fully saturated rings. The third-order valence-corrected chi connectivity index (χ3v) is 5.89. The van der Waals surface area contributed by atoms with Gasteiger partial charge < -0.3 is 4.57 Å². The summed E-state index contributed by atoms with van der Waals surface area (Å²) >= 11 is 0. The molecule has 0 amide bonds. The minimum absolute atomic E-state index is 1.04. The highest BCUT2D eigenvalue weighted by Crippen LogP contribution is 2.30. The molecule has 0 radical (unpaired) electrons. The molecule has 0 aliphatic heterocycles. The van der Waals surface area contributed by atoms with Crippen molar-refractivity contribution < 1.29 is 0 Å². The highest BCUT2D eigenvalue weighted by atomic mass is 15.0. The molecular formula is C30H31N. The van der Waals surface area contributed by atoms with Crippen molar-refractivity contribution in [1.82, 2.24) is 4.57 Å². The van der Waals surface area contributed by atoms with Gasteiger partial charge >= 0.3 is 0 Å². The first-order valence-corrected chi connectivity index (χ1v) is 11.4. The fraction of sp³-hybridized carbons (Fsp3) is 0.267. The van der Waals surface area contributed by atoms with E-state index in [0.717, 1.165) is 17.7 Å². The molecule has 0 aliphatic carbocycles. The predicted molar refractivity (Wildman–Crippen MR) is 133 cm³/mol. The van der Waals surface area contributed by atoms with Gasteiger partial charge in [0, 0.05) is 34.3 Å². The lowest BCUT2D eigenvalue weighted by molar-refractivity contribution is 0.596. The number of unbranched alkanes of at least 4 members (excludes halogenated alkanes) is 3.